The van der Waals surface area contributed by atoms with Gasteiger partial charge in [-0.05, 0) is 18.8 Å². The van der Waals surface area contributed by atoms with Crippen LogP contribution in [0.3, 0.4) is 0 Å². The molecular weight excluding hydrogens is 260 g/mol. The zero-order chi connectivity index (χ0) is 13.7. The standard InChI is InChI=1S/C14H22N2O2S/c1-3-4-11-5-7-16(8-6-11)14-15-12(10-18-2)13(9-17)19-14/h9,11H,3-8,10H2,1-2H3. The third-order valence-electron chi connectivity index (χ3n) is 3.69. The molecule has 1 aromatic rings. The first kappa shape index (κ1) is 14.5. The van der Waals surface area contributed by atoms with Gasteiger partial charge in [0.2, 0.25) is 0 Å². The molecule has 0 amide bonds. The van der Waals surface area contributed by atoms with Gasteiger partial charge in [-0.3, -0.25) is 4.79 Å². The Morgan fingerprint density at radius 2 is 2.21 bits per heavy atom. The van der Waals surface area contributed by atoms with Crippen LogP contribution >= 0.6 is 11.3 Å². The molecule has 0 radical (unpaired) electrons. The number of methoxy groups -OCH3 is 1. The molecule has 0 aliphatic carbocycles. The molecular formula is C14H22N2O2S. The summed E-state index contributed by atoms with van der Waals surface area (Å²) in [7, 11) is 1.63. The molecule has 19 heavy (non-hydrogen) atoms. The second-order valence-electron chi connectivity index (χ2n) is 5.08. The fourth-order valence-corrected chi connectivity index (χ4v) is 3.57. The maximum Gasteiger partial charge on any atom is 0.186 e. The predicted octanol–water partition coefficient (Wildman–Crippen LogP) is 3.12. The lowest BCUT2D eigenvalue weighted by atomic mass is 9.93. The zero-order valence-electron chi connectivity index (χ0n) is 11.7. The van der Waals surface area contributed by atoms with Gasteiger partial charge in [0.05, 0.1) is 17.2 Å². The molecule has 1 aliphatic rings. The van der Waals surface area contributed by atoms with E-state index in [4.69, 9.17) is 4.74 Å². The highest BCUT2D eigenvalue weighted by Crippen LogP contribution is 2.30. The van der Waals surface area contributed by atoms with Crippen LogP contribution in [0.5, 0.6) is 0 Å². The van der Waals surface area contributed by atoms with E-state index in [1.54, 1.807) is 7.11 Å². The summed E-state index contributed by atoms with van der Waals surface area (Å²) in [5.74, 6) is 0.866. The number of ether oxygens (including phenoxy) is 1. The first-order valence-electron chi connectivity index (χ1n) is 6.97. The minimum Gasteiger partial charge on any atom is -0.378 e. The molecule has 1 fully saturated rings. The fourth-order valence-electron chi connectivity index (χ4n) is 2.64. The largest absolute Gasteiger partial charge is 0.378 e. The monoisotopic (exact) mass is 282 g/mol. The predicted molar refractivity (Wildman–Crippen MR) is 78.1 cm³/mol. The lowest BCUT2D eigenvalue weighted by Crippen LogP contribution is -2.33. The molecule has 1 saturated heterocycles. The quantitative estimate of drug-likeness (QED) is 0.752. The van der Waals surface area contributed by atoms with Crippen LogP contribution in [-0.2, 0) is 11.3 Å². The van der Waals surface area contributed by atoms with Gasteiger partial charge in [-0.25, -0.2) is 4.98 Å². The van der Waals surface area contributed by atoms with E-state index in [9.17, 15) is 4.79 Å². The van der Waals surface area contributed by atoms with Gasteiger partial charge in [0.1, 0.15) is 0 Å². The summed E-state index contributed by atoms with van der Waals surface area (Å²) in [4.78, 5) is 18.6. The maximum absolute atomic E-state index is 11.0. The van der Waals surface area contributed by atoms with Gasteiger partial charge in [-0.2, -0.15) is 0 Å². The molecule has 2 rings (SSSR count). The SMILES string of the molecule is CCCC1CCN(c2nc(COC)c(C=O)s2)CC1. The van der Waals surface area contributed by atoms with Gasteiger partial charge in [-0.15, -0.1) is 0 Å². The number of carbonyl (C=O) groups is 1. The summed E-state index contributed by atoms with van der Waals surface area (Å²) in [5.41, 5.74) is 0.771. The highest BCUT2D eigenvalue weighted by molar-refractivity contribution is 7.17. The number of anilines is 1. The first-order valence-corrected chi connectivity index (χ1v) is 7.78. The second kappa shape index (κ2) is 7.01. The van der Waals surface area contributed by atoms with Crippen LogP contribution in [0.1, 0.15) is 48.0 Å². The zero-order valence-corrected chi connectivity index (χ0v) is 12.5. The lowest BCUT2D eigenvalue weighted by Gasteiger charge is -2.31. The fraction of sp³-hybridized carbons (Fsp3) is 0.714. The highest BCUT2D eigenvalue weighted by atomic mass is 32.1. The first-order chi connectivity index (χ1) is 9.28. The van der Waals surface area contributed by atoms with Crippen molar-refractivity contribution in [3.05, 3.63) is 10.6 Å². The van der Waals surface area contributed by atoms with Crippen LogP contribution in [0.2, 0.25) is 0 Å². The van der Waals surface area contributed by atoms with Crippen molar-refractivity contribution in [3.8, 4) is 0 Å². The lowest BCUT2D eigenvalue weighted by molar-refractivity contribution is 0.112. The molecule has 1 aliphatic heterocycles. The molecule has 0 N–H and O–H groups in total. The molecule has 0 unspecified atom stereocenters. The molecule has 106 valence electrons. The van der Waals surface area contributed by atoms with E-state index in [2.05, 4.69) is 16.8 Å². The summed E-state index contributed by atoms with van der Waals surface area (Å²) < 4.78 is 5.09. The normalized spacial score (nSPS) is 16.8. The number of carbonyl (C=O) groups excluding carboxylic acids is 1. The summed E-state index contributed by atoms with van der Waals surface area (Å²) in [6, 6.07) is 0. The summed E-state index contributed by atoms with van der Waals surface area (Å²) in [5, 5.41) is 0.976. The molecule has 0 saturated carbocycles. The van der Waals surface area contributed by atoms with Crippen molar-refractivity contribution >= 4 is 22.8 Å². The van der Waals surface area contributed by atoms with E-state index in [1.165, 1.54) is 37.0 Å². The summed E-state index contributed by atoms with van der Waals surface area (Å²) >= 11 is 1.49. The van der Waals surface area contributed by atoms with E-state index < -0.39 is 0 Å². The summed E-state index contributed by atoms with van der Waals surface area (Å²) in [6.45, 7) is 4.78. The molecule has 0 bridgehead atoms. The number of aromatic nitrogens is 1. The number of hydrogen-bond acceptors (Lipinski definition) is 5. The molecule has 5 heteroatoms. The van der Waals surface area contributed by atoms with Gasteiger partial charge in [0.25, 0.3) is 0 Å². The van der Waals surface area contributed by atoms with Crippen molar-refractivity contribution in [2.24, 2.45) is 5.92 Å². The Balaban J connectivity index is 2.01. The Kier molecular flexibility index (Phi) is 5.34. The van der Waals surface area contributed by atoms with Crippen molar-refractivity contribution in [1.82, 2.24) is 4.98 Å². The maximum atomic E-state index is 11.0. The van der Waals surface area contributed by atoms with Crippen LogP contribution in [0, 0.1) is 5.92 Å². The Bertz CT molecular complexity index is 412. The molecule has 0 aromatic carbocycles. The van der Waals surface area contributed by atoms with E-state index in [0.29, 0.717) is 11.5 Å². The van der Waals surface area contributed by atoms with Gasteiger partial charge in [0.15, 0.2) is 11.4 Å². The molecule has 1 aromatic heterocycles. The van der Waals surface area contributed by atoms with E-state index in [0.717, 1.165) is 36.1 Å². The third-order valence-corrected chi connectivity index (χ3v) is 4.77. The van der Waals surface area contributed by atoms with E-state index >= 15 is 0 Å². The van der Waals surface area contributed by atoms with Crippen LogP contribution < -0.4 is 4.90 Å². The number of rotatable bonds is 6. The minimum absolute atomic E-state index is 0.414. The van der Waals surface area contributed by atoms with Crippen LogP contribution in [0.25, 0.3) is 0 Å². The van der Waals surface area contributed by atoms with Gasteiger partial charge < -0.3 is 9.64 Å². The Labute approximate surface area is 118 Å². The van der Waals surface area contributed by atoms with Crippen molar-refractivity contribution in [1.29, 1.82) is 0 Å². The number of aldehydes is 1. The van der Waals surface area contributed by atoms with Crippen LogP contribution in [-0.4, -0.2) is 31.5 Å². The Morgan fingerprint density at radius 3 is 2.79 bits per heavy atom. The average Bonchev–Trinajstić information content (AvgIpc) is 2.84. The van der Waals surface area contributed by atoms with Gasteiger partial charge >= 0.3 is 0 Å². The van der Waals surface area contributed by atoms with Gasteiger partial charge in [-0.1, -0.05) is 31.1 Å². The Hall–Kier alpha value is -0.940. The van der Waals surface area contributed by atoms with Gasteiger partial charge in [0, 0.05) is 20.2 Å². The van der Waals surface area contributed by atoms with Crippen molar-refractivity contribution < 1.29 is 9.53 Å². The van der Waals surface area contributed by atoms with E-state index in [-0.39, 0.29) is 0 Å². The van der Waals surface area contributed by atoms with Crippen molar-refractivity contribution in [2.45, 2.75) is 39.2 Å². The smallest absolute Gasteiger partial charge is 0.186 e. The number of piperidine rings is 1. The highest BCUT2D eigenvalue weighted by Gasteiger charge is 2.22. The van der Waals surface area contributed by atoms with Crippen LogP contribution in [0.4, 0.5) is 5.13 Å². The topological polar surface area (TPSA) is 42.4 Å². The molecule has 0 atom stereocenters. The average molecular weight is 282 g/mol. The molecule has 0 spiro atoms. The van der Waals surface area contributed by atoms with Crippen molar-refractivity contribution in [3.63, 3.8) is 0 Å². The third kappa shape index (κ3) is 3.54. The van der Waals surface area contributed by atoms with Crippen molar-refractivity contribution in [2.75, 3.05) is 25.1 Å². The number of nitrogens with zero attached hydrogens (tertiary/aromatic N) is 2. The Morgan fingerprint density at radius 1 is 1.47 bits per heavy atom. The second-order valence-corrected chi connectivity index (χ2v) is 6.09. The minimum atomic E-state index is 0.414. The number of thiazole rings is 1. The summed E-state index contributed by atoms with van der Waals surface area (Å²) in [6.07, 6.45) is 5.97. The molecule has 4 nitrogen and oxygen atoms in total. The molecule has 2 heterocycles. The van der Waals surface area contributed by atoms with Crippen LogP contribution in [0.15, 0.2) is 0 Å². The van der Waals surface area contributed by atoms with E-state index in [1.807, 2.05) is 0 Å². The number of hydrogen-bond donors (Lipinski definition) is 0.